The van der Waals surface area contributed by atoms with Gasteiger partial charge >= 0.3 is 0 Å². The molecule has 0 saturated carbocycles. The van der Waals surface area contributed by atoms with Crippen molar-refractivity contribution < 1.29 is 14.3 Å². The molecular formula is C26H36N2O3. The number of hydrogen-bond acceptors (Lipinski definition) is 3. The van der Waals surface area contributed by atoms with Crippen molar-refractivity contribution in [1.82, 2.24) is 10.2 Å². The molecule has 31 heavy (non-hydrogen) atoms. The first kappa shape index (κ1) is 24.4. The molecule has 2 rings (SSSR count). The molecule has 1 atom stereocenters. The Balaban J connectivity index is 2.07. The molecule has 0 aliphatic heterocycles. The normalized spacial score (nSPS) is 12.4. The fourth-order valence-electron chi connectivity index (χ4n) is 3.22. The summed E-state index contributed by atoms with van der Waals surface area (Å²) < 4.78 is 5.74. The van der Waals surface area contributed by atoms with E-state index in [9.17, 15) is 9.59 Å². The summed E-state index contributed by atoms with van der Waals surface area (Å²) in [6.45, 7) is 12.1. The van der Waals surface area contributed by atoms with Crippen LogP contribution in [0.2, 0.25) is 0 Å². The van der Waals surface area contributed by atoms with Gasteiger partial charge in [0.2, 0.25) is 5.91 Å². The fourth-order valence-corrected chi connectivity index (χ4v) is 3.22. The van der Waals surface area contributed by atoms with Gasteiger partial charge in [-0.1, -0.05) is 56.3 Å². The number of carbonyl (C=O) groups excluding carboxylic acids is 2. The topological polar surface area (TPSA) is 58.6 Å². The molecule has 0 fully saturated rings. The van der Waals surface area contributed by atoms with Gasteiger partial charge in [-0.25, -0.2) is 0 Å². The van der Waals surface area contributed by atoms with Gasteiger partial charge in [0.15, 0.2) is 6.61 Å². The number of nitrogens with zero attached hydrogens (tertiary/aromatic N) is 1. The average Bonchev–Trinajstić information content (AvgIpc) is 2.72. The van der Waals surface area contributed by atoms with E-state index in [1.54, 1.807) is 11.8 Å². The van der Waals surface area contributed by atoms with E-state index in [1.165, 1.54) is 5.56 Å². The summed E-state index contributed by atoms with van der Waals surface area (Å²) in [5.41, 5.74) is 1.97. The predicted molar refractivity (Wildman–Crippen MR) is 125 cm³/mol. The number of ether oxygens (including phenoxy) is 1. The van der Waals surface area contributed by atoms with E-state index in [1.807, 2.05) is 75.4 Å². The second-order valence-corrected chi connectivity index (χ2v) is 9.25. The third-order valence-corrected chi connectivity index (χ3v) is 5.06. The van der Waals surface area contributed by atoms with E-state index in [0.717, 1.165) is 5.56 Å². The Hall–Kier alpha value is -2.82. The standard InChI is InChI=1S/C26H36N2O3/c1-19(2)22-12-14-23(15-13-22)31-18-24(29)28(17-16-21-10-8-7-9-11-21)20(3)25(30)27-26(4,5)6/h7-15,19-20H,16-18H2,1-6H3,(H,27,30). The number of rotatable bonds is 9. The maximum absolute atomic E-state index is 13.0. The molecule has 5 nitrogen and oxygen atoms in total. The molecule has 168 valence electrons. The molecule has 2 aromatic carbocycles. The van der Waals surface area contributed by atoms with Crippen LogP contribution in [0.25, 0.3) is 0 Å². The van der Waals surface area contributed by atoms with Crippen molar-refractivity contribution in [3.05, 3.63) is 65.7 Å². The van der Waals surface area contributed by atoms with Crippen molar-refractivity contribution in [2.75, 3.05) is 13.2 Å². The van der Waals surface area contributed by atoms with E-state index < -0.39 is 6.04 Å². The molecule has 0 saturated heterocycles. The van der Waals surface area contributed by atoms with Gasteiger partial charge in [-0.05, 0) is 63.3 Å². The minimum atomic E-state index is -0.595. The van der Waals surface area contributed by atoms with E-state index in [2.05, 4.69) is 19.2 Å². The third-order valence-electron chi connectivity index (χ3n) is 5.06. The van der Waals surface area contributed by atoms with Crippen molar-refractivity contribution in [3.63, 3.8) is 0 Å². The minimum Gasteiger partial charge on any atom is -0.484 e. The molecule has 0 heterocycles. The molecule has 0 aliphatic rings. The van der Waals surface area contributed by atoms with E-state index in [4.69, 9.17) is 4.74 Å². The lowest BCUT2D eigenvalue weighted by Crippen LogP contribution is -2.53. The zero-order chi connectivity index (χ0) is 23.0. The number of nitrogens with one attached hydrogen (secondary N) is 1. The molecule has 2 amide bonds. The van der Waals surface area contributed by atoms with Crippen molar-refractivity contribution in [1.29, 1.82) is 0 Å². The highest BCUT2D eigenvalue weighted by atomic mass is 16.5. The largest absolute Gasteiger partial charge is 0.484 e. The minimum absolute atomic E-state index is 0.108. The van der Waals surface area contributed by atoms with Crippen LogP contribution in [0.1, 0.15) is 58.6 Å². The summed E-state index contributed by atoms with van der Waals surface area (Å²) in [5.74, 6) is 0.703. The Morgan fingerprint density at radius 2 is 1.58 bits per heavy atom. The van der Waals surface area contributed by atoms with Crippen LogP contribution in [0.15, 0.2) is 54.6 Å². The molecule has 0 bridgehead atoms. The lowest BCUT2D eigenvalue weighted by Gasteiger charge is -2.31. The SMILES string of the molecule is CC(C)c1ccc(OCC(=O)N(CCc2ccccc2)C(C)C(=O)NC(C)(C)C)cc1. The Morgan fingerprint density at radius 1 is 0.968 bits per heavy atom. The second kappa shape index (κ2) is 11.0. The highest BCUT2D eigenvalue weighted by molar-refractivity contribution is 5.88. The van der Waals surface area contributed by atoms with Crippen LogP contribution in [0.3, 0.4) is 0 Å². The zero-order valence-electron chi connectivity index (χ0n) is 19.6. The van der Waals surface area contributed by atoms with Crippen LogP contribution in [0.5, 0.6) is 5.75 Å². The van der Waals surface area contributed by atoms with Gasteiger partial charge in [0, 0.05) is 12.1 Å². The summed E-state index contributed by atoms with van der Waals surface area (Å²) >= 11 is 0. The summed E-state index contributed by atoms with van der Waals surface area (Å²) in [6, 6.07) is 17.1. The Kier molecular flexibility index (Phi) is 8.66. The first-order valence-electron chi connectivity index (χ1n) is 10.9. The fraction of sp³-hybridized carbons (Fsp3) is 0.462. The zero-order valence-corrected chi connectivity index (χ0v) is 19.6. The van der Waals surface area contributed by atoms with Crippen LogP contribution >= 0.6 is 0 Å². The maximum Gasteiger partial charge on any atom is 0.261 e. The second-order valence-electron chi connectivity index (χ2n) is 9.25. The molecular weight excluding hydrogens is 388 g/mol. The smallest absolute Gasteiger partial charge is 0.261 e. The molecule has 0 spiro atoms. The van der Waals surface area contributed by atoms with Crippen molar-refractivity contribution in [2.24, 2.45) is 0 Å². The highest BCUT2D eigenvalue weighted by Crippen LogP contribution is 2.19. The summed E-state index contributed by atoms with van der Waals surface area (Å²) in [6.07, 6.45) is 0.669. The van der Waals surface area contributed by atoms with Crippen molar-refractivity contribution in [3.8, 4) is 5.75 Å². The van der Waals surface area contributed by atoms with Gasteiger partial charge in [0.05, 0.1) is 0 Å². The van der Waals surface area contributed by atoms with E-state index in [-0.39, 0.29) is 24.0 Å². The Bertz CT molecular complexity index is 839. The Morgan fingerprint density at radius 3 is 2.13 bits per heavy atom. The van der Waals surface area contributed by atoms with Gasteiger partial charge in [-0.2, -0.15) is 0 Å². The van der Waals surface area contributed by atoms with Crippen molar-refractivity contribution in [2.45, 2.75) is 65.5 Å². The number of hydrogen-bond donors (Lipinski definition) is 1. The van der Waals surface area contributed by atoms with Crippen LogP contribution in [-0.4, -0.2) is 41.4 Å². The van der Waals surface area contributed by atoms with Gasteiger partial charge in [-0.15, -0.1) is 0 Å². The molecule has 2 aromatic rings. The summed E-state index contributed by atoms with van der Waals surface area (Å²) in [7, 11) is 0. The molecule has 5 heteroatoms. The van der Waals surface area contributed by atoms with Gasteiger partial charge in [0.25, 0.3) is 5.91 Å². The number of benzene rings is 2. The van der Waals surface area contributed by atoms with Crippen LogP contribution in [-0.2, 0) is 16.0 Å². The van der Waals surface area contributed by atoms with Crippen LogP contribution in [0.4, 0.5) is 0 Å². The van der Waals surface area contributed by atoms with Crippen LogP contribution < -0.4 is 10.1 Å². The highest BCUT2D eigenvalue weighted by Gasteiger charge is 2.28. The summed E-state index contributed by atoms with van der Waals surface area (Å²) in [4.78, 5) is 27.4. The van der Waals surface area contributed by atoms with E-state index in [0.29, 0.717) is 24.6 Å². The lowest BCUT2D eigenvalue weighted by atomic mass is 10.0. The van der Waals surface area contributed by atoms with Gasteiger partial charge in [-0.3, -0.25) is 9.59 Å². The first-order chi connectivity index (χ1) is 14.6. The number of carbonyl (C=O) groups is 2. The molecule has 1 N–H and O–H groups in total. The van der Waals surface area contributed by atoms with Gasteiger partial charge in [0.1, 0.15) is 11.8 Å². The van der Waals surface area contributed by atoms with E-state index >= 15 is 0 Å². The molecule has 0 aliphatic carbocycles. The Labute approximate surface area is 186 Å². The van der Waals surface area contributed by atoms with Gasteiger partial charge < -0.3 is 15.0 Å². The summed E-state index contributed by atoms with van der Waals surface area (Å²) in [5, 5.41) is 2.97. The first-order valence-corrected chi connectivity index (χ1v) is 10.9. The maximum atomic E-state index is 13.0. The van der Waals surface area contributed by atoms with Crippen molar-refractivity contribution >= 4 is 11.8 Å². The monoisotopic (exact) mass is 424 g/mol. The molecule has 0 radical (unpaired) electrons. The predicted octanol–water partition coefficient (Wildman–Crippen LogP) is 4.56. The van der Waals surface area contributed by atoms with Crippen LogP contribution in [0, 0.1) is 0 Å². The number of amides is 2. The molecule has 0 aromatic heterocycles. The lowest BCUT2D eigenvalue weighted by molar-refractivity contribution is -0.142. The molecule has 1 unspecified atom stereocenters. The third kappa shape index (κ3) is 8.08. The quantitative estimate of drug-likeness (QED) is 0.642. The average molecular weight is 425 g/mol.